The zero-order valence-corrected chi connectivity index (χ0v) is 39.9. The number of hydrogen-bond donors (Lipinski definition) is 1. The summed E-state index contributed by atoms with van der Waals surface area (Å²) < 4.78 is 35.1. The third-order valence-electron chi connectivity index (χ3n) is 10.7. The lowest BCUT2D eigenvalue weighted by molar-refractivity contribution is -0.870. The highest BCUT2D eigenvalue weighted by Gasteiger charge is 2.26. The monoisotopic (exact) mass is 843 g/mol. The number of phosphoric acid groups is 1. The van der Waals surface area contributed by atoms with Crippen molar-refractivity contribution in [1.29, 1.82) is 0 Å². The van der Waals surface area contributed by atoms with Crippen molar-refractivity contribution < 1.29 is 37.3 Å². The standard InChI is InChI=1S/C49H96NO7P/c1-6-8-10-12-14-16-18-20-21-22-23-24-25-26-27-28-29-31-33-35-37-39-41-44-54-46-48(47-56-58(52,53)55-45-43-50(3,4)5)57-49(51)42-40-38-36-34-32-30-19-17-15-13-11-9-7-2/h11,13,17,19,48H,6-10,12,14-16,18,20-47H2,1-5H3/p+1/b13-11-,19-17-. The van der Waals surface area contributed by atoms with Gasteiger partial charge in [0.25, 0.3) is 0 Å². The Morgan fingerprint density at radius 3 is 1.47 bits per heavy atom. The van der Waals surface area contributed by atoms with Crippen LogP contribution in [0.25, 0.3) is 0 Å². The van der Waals surface area contributed by atoms with Crippen LogP contribution in [0, 0.1) is 0 Å². The molecule has 58 heavy (non-hydrogen) atoms. The maximum absolute atomic E-state index is 12.7. The van der Waals surface area contributed by atoms with E-state index in [-0.39, 0.29) is 25.8 Å². The predicted octanol–water partition coefficient (Wildman–Crippen LogP) is 14.8. The Morgan fingerprint density at radius 1 is 0.534 bits per heavy atom. The Bertz CT molecular complexity index is 983. The van der Waals surface area contributed by atoms with Gasteiger partial charge in [0.1, 0.15) is 19.3 Å². The minimum Gasteiger partial charge on any atom is -0.457 e. The summed E-state index contributed by atoms with van der Waals surface area (Å²) in [6.07, 6.45) is 49.4. The van der Waals surface area contributed by atoms with Gasteiger partial charge in [0.2, 0.25) is 0 Å². The molecule has 0 aliphatic carbocycles. The highest BCUT2D eigenvalue weighted by molar-refractivity contribution is 7.47. The summed E-state index contributed by atoms with van der Waals surface area (Å²) in [7, 11) is 1.67. The molecule has 344 valence electrons. The average Bonchev–Trinajstić information content (AvgIpc) is 3.18. The number of carbonyl (C=O) groups is 1. The molecule has 0 rings (SSSR count). The molecular formula is C49H97NO7P+. The lowest BCUT2D eigenvalue weighted by Crippen LogP contribution is -2.37. The molecule has 0 heterocycles. The minimum absolute atomic E-state index is 0.0877. The van der Waals surface area contributed by atoms with Crippen molar-refractivity contribution >= 4 is 13.8 Å². The molecule has 1 N–H and O–H groups in total. The molecule has 0 aliphatic rings. The summed E-state index contributed by atoms with van der Waals surface area (Å²) >= 11 is 0. The zero-order chi connectivity index (χ0) is 42.7. The molecule has 0 aromatic heterocycles. The van der Waals surface area contributed by atoms with Crippen LogP contribution in [0.4, 0.5) is 0 Å². The Hall–Kier alpha value is -1.02. The van der Waals surface area contributed by atoms with Gasteiger partial charge in [0.15, 0.2) is 0 Å². The number of ether oxygens (including phenoxy) is 2. The normalized spacial score (nSPS) is 13.8. The fourth-order valence-corrected chi connectivity index (χ4v) is 7.69. The van der Waals surface area contributed by atoms with E-state index in [2.05, 4.69) is 38.2 Å². The second-order valence-electron chi connectivity index (χ2n) is 17.9. The van der Waals surface area contributed by atoms with Gasteiger partial charge >= 0.3 is 13.8 Å². The van der Waals surface area contributed by atoms with E-state index < -0.39 is 13.9 Å². The molecule has 9 heteroatoms. The minimum atomic E-state index is -4.28. The van der Waals surface area contributed by atoms with Crippen LogP contribution in [0.2, 0.25) is 0 Å². The third kappa shape index (κ3) is 46.1. The maximum Gasteiger partial charge on any atom is 0.472 e. The number of unbranched alkanes of at least 4 members (excludes halogenated alkanes) is 28. The smallest absolute Gasteiger partial charge is 0.457 e. The molecule has 0 aromatic rings. The van der Waals surface area contributed by atoms with Crippen molar-refractivity contribution in [1.82, 2.24) is 0 Å². The number of nitrogens with zero attached hydrogens (tertiary/aromatic N) is 1. The highest BCUT2D eigenvalue weighted by atomic mass is 31.2. The van der Waals surface area contributed by atoms with Gasteiger partial charge in [-0.1, -0.05) is 205 Å². The molecule has 0 radical (unpaired) electrons. The highest BCUT2D eigenvalue weighted by Crippen LogP contribution is 2.43. The van der Waals surface area contributed by atoms with Crippen LogP contribution in [0.1, 0.15) is 226 Å². The van der Waals surface area contributed by atoms with E-state index in [1.807, 2.05) is 21.1 Å². The molecular weight excluding hydrogens is 746 g/mol. The van der Waals surface area contributed by atoms with E-state index in [9.17, 15) is 14.3 Å². The van der Waals surface area contributed by atoms with Crippen molar-refractivity contribution in [3.05, 3.63) is 24.3 Å². The van der Waals surface area contributed by atoms with Crippen LogP contribution in [0.5, 0.6) is 0 Å². The average molecular weight is 843 g/mol. The van der Waals surface area contributed by atoms with Gasteiger partial charge in [0.05, 0.1) is 34.4 Å². The number of allylic oxidation sites excluding steroid dienone is 4. The Kier molecular flexibility index (Phi) is 41.9. The van der Waals surface area contributed by atoms with Gasteiger partial charge in [-0.05, 0) is 38.5 Å². The van der Waals surface area contributed by atoms with Gasteiger partial charge < -0.3 is 18.9 Å². The van der Waals surface area contributed by atoms with Crippen LogP contribution in [0.15, 0.2) is 24.3 Å². The summed E-state index contributed by atoms with van der Waals surface area (Å²) in [5.74, 6) is -0.324. The van der Waals surface area contributed by atoms with Crippen molar-refractivity contribution in [2.24, 2.45) is 0 Å². The van der Waals surface area contributed by atoms with Crippen LogP contribution in [0.3, 0.4) is 0 Å². The Balaban J connectivity index is 4.07. The van der Waals surface area contributed by atoms with E-state index in [0.717, 1.165) is 64.2 Å². The van der Waals surface area contributed by atoms with E-state index in [0.29, 0.717) is 24.1 Å². The predicted molar refractivity (Wildman–Crippen MR) is 247 cm³/mol. The van der Waals surface area contributed by atoms with E-state index in [1.54, 1.807) is 0 Å². The first-order valence-corrected chi connectivity index (χ1v) is 26.1. The largest absolute Gasteiger partial charge is 0.472 e. The van der Waals surface area contributed by atoms with E-state index in [1.165, 1.54) is 141 Å². The van der Waals surface area contributed by atoms with Gasteiger partial charge in [-0.3, -0.25) is 13.8 Å². The summed E-state index contributed by atoms with van der Waals surface area (Å²) in [4.78, 5) is 22.9. The van der Waals surface area contributed by atoms with Crippen molar-refractivity contribution in [2.45, 2.75) is 232 Å². The molecule has 2 atom stereocenters. The lowest BCUT2D eigenvalue weighted by Gasteiger charge is -2.24. The SMILES string of the molecule is CCC/C=C\C/C=C\CCCCCCCC(=O)OC(COCCCCCCCCCCCCCCCCCCCCCCCCC)COP(=O)(O)OCC[N+](C)(C)C. The topological polar surface area (TPSA) is 91.3 Å². The molecule has 0 aromatic carbocycles. The number of phosphoric ester groups is 1. The van der Waals surface area contributed by atoms with Crippen LogP contribution < -0.4 is 0 Å². The van der Waals surface area contributed by atoms with Crippen LogP contribution in [-0.4, -0.2) is 75.6 Å². The molecule has 0 saturated heterocycles. The van der Waals surface area contributed by atoms with Gasteiger partial charge in [-0.2, -0.15) is 0 Å². The Labute approximate surface area is 360 Å². The molecule has 0 fully saturated rings. The number of quaternary nitrogens is 1. The molecule has 0 saturated carbocycles. The Morgan fingerprint density at radius 2 is 0.983 bits per heavy atom. The van der Waals surface area contributed by atoms with Crippen molar-refractivity contribution in [3.63, 3.8) is 0 Å². The van der Waals surface area contributed by atoms with Crippen molar-refractivity contribution in [2.75, 3.05) is 54.1 Å². The maximum atomic E-state index is 12.7. The summed E-state index contributed by atoms with van der Waals surface area (Å²) in [5.41, 5.74) is 0. The number of esters is 1. The second-order valence-corrected chi connectivity index (χ2v) is 19.3. The fourth-order valence-electron chi connectivity index (χ4n) is 6.95. The molecule has 0 bridgehead atoms. The van der Waals surface area contributed by atoms with Gasteiger partial charge in [-0.15, -0.1) is 0 Å². The van der Waals surface area contributed by atoms with E-state index >= 15 is 0 Å². The summed E-state index contributed by atoms with van der Waals surface area (Å²) in [5, 5.41) is 0. The van der Waals surface area contributed by atoms with Crippen LogP contribution >= 0.6 is 7.82 Å². The van der Waals surface area contributed by atoms with Gasteiger partial charge in [0, 0.05) is 13.0 Å². The molecule has 8 nitrogen and oxygen atoms in total. The first kappa shape index (κ1) is 57.0. The fraction of sp³-hybridized carbons (Fsp3) is 0.898. The number of rotatable bonds is 46. The zero-order valence-electron chi connectivity index (χ0n) is 39.0. The second kappa shape index (κ2) is 42.7. The summed E-state index contributed by atoms with van der Waals surface area (Å²) in [6, 6.07) is 0. The first-order valence-electron chi connectivity index (χ1n) is 24.6. The summed E-state index contributed by atoms with van der Waals surface area (Å²) in [6.45, 7) is 5.58. The number of carbonyl (C=O) groups excluding carboxylic acids is 1. The van der Waals surface area contributed by atoms with Gasteiger partial charge in [-0.25, -0.2) is 4.57 Å². The lowest BCUT2D eigenvalue weighted by atomic mass is 10.0. The number of likely N-dealkylation sites (N-methyl/N-ethyl adjacent to an activating group) is 1. The molecule has 2 unspecified atom stereocenters. The van der Waals surface area contributed by atoms with Crippen molar-refractivity contribution in [3.8, 4) is 0 Å². The quantitative estimate of drug-likeness (QED) is 0.0215. The molecule has 0 aliphatic heterocycles. The van der Waals surface area contributed by atoms with Crippen LogP contribution in [-0.2, 0) is 27.9 Å². The number of hydrogen-bond acceptors (Lipinski definition) is 6. The van der Waals surface area contributed by atoms with E-state index in [4.69, 9.17) is 18.5 Å². The third-order valence-corrected chi connectivity index (χ3v) is 11.7. The molecule has 0 amide bonds. The first-order chi connectivity index (χ1) is 28.1. The molecule has 0 spiro atoms.